The molecular formula is C12H24N2O4. The van der Waals surface area contributed by atoms with E-state index in [-0.39, 0.29) is 13.1 Å². The van der Waals surface area contributed by atoms with Crippen LogP contribution in [0.1, 0.15) is 40.5 Å². The Morgan fingerprint density at radius 3 is 1.33 bits per heavy atom. The van der Waals surface area contributed by atoms with Gasteiger partial charge in [0.25, 0.3) is 0 Å². The van der Waals surface area contributed by atoms with Crippen molar-refractivity contribution in [3.63, 3.8) is 0 Å². The normalized spacial score (nSPS) is 12.1. The fourth-order valence-corrected chi connectivity index (χ4v) is 1.40. The Balaban J connectivity index is 4.28. The van der Waals surface area contributed by atoms with Crippen molar-refractivity contribution in [2.75, 3.05) is 13.1 Å². The number of carbonyl (C=O) groups is 2. The highest BCUT2D eigenvalue weighted by atomic mass is 16.6. The molecule has 0 aromatic heterocycles. The van der Waals surface area contributed by atoms with Crippen LogP contribution in [0.2, 0.25) is 0 Å². The zero-order valence-electron chi connectivity index (χ0n) is 11.6. The van der Waals surface area contributed by atoms with Crippen LogP contribution in [0.5, 0.6) is 0 Å². The number of esters is 2. The first kappa shape index (κ1) is 16.9. The van der Waals surface area contributed by atoms with E-state index >= 15 is 0 Å². The highest BCUT2D eigenvalue weighted by Gasteiger charge is 2.29. The third kappa shape index (κ3) is 7.24. The molecule has 0 rings (SSSR count). The van der Waals surface area contributed by atoms with E-state index in [1.54, 1.807) is 27.7 Å². The van der Waals surface area contributed by atoms with Crippen LogP contribution in [-0.2, 0) is 19.1 Å². The zero-order valence-corrected chi connectivity index (χ0v) is 11.6. The predicted molar refractivity (Wildman–Crippen MR) is 67.7 cm³/mol. The van der Waals surface area contributed by atoms with Crippen molar-refractivity contribution >= 4 is 11.9 Å². The van der Waals surface area contributed by atoms with Gasteiger partial charge in [-0.2, -0.15) is 0 Å². The summed E-state index contributed by atoms with van der Waals surface area (Å²) in [5.41, 5.74) is 9.10. The molecule has 0 saturated heterocycles. The number of hydrogen-bond donors (Lipinski definition) is 2. The average Bonchev–Trinajstić information content (AvgIpc) is 2.25. The molecule has 0 spiro atoms. The van der Waals surface area contributed by atoms with Gasteiger partial charge in [-0.3, -0.25) is 9.59 Å². The van der Waals surface area contributed by atoms with Gasteiger partial charge < -0.3 is 20.9 Å². The third-order valence-corrected chi connectivity index (χ3v) is 2.44. The lowest BCUT2D eigenvalue weighted by atomic mass is 9.93. The molecule has 0 atom stereocenters. The van der Waals surface area contributed by atoms with Crippen molar-refractivity contribution in [1.29, 1.82) is 0 Å². The van der Waals surface area contributed by atoms with Crippen LogP contribution in [0.3, 0.4) is 0 Å². The molecule has 0 heterocycles. The van der Waals surface area contributed by atoms with Crippen LogP contribution in [-0.4, -0.2) is 36.2 Å². The first-order valence-corrected chi connectivity index (χ1v) is 5.96. The van der Waals surface area contributed by atoms with E-state index in [2.05, 4.69) is 0 Å². The van der Waals surface area contributed by atoms with Crippen LogP contribution < -0.4 is 11.5 Å². The molecule has 0 unspecified atom stereocenters. The third-order valence-electron chi connectivity index (χ3n) is 2.44. The monoisotopic (exact) mass is 260 g/mol. The van der Waals surface area contributed by atoms with Crippen molar-refractivity contribution in [2.24, 2.45) is 11.5 Å². The molecule has 0 aliphatic carbocycles. The second kappa shape index (κ2) is 6.70. The summed E-state index contributed by atoms with van der Waals surface area (Å²) in [5.74, 6) is -0.895. The molecule has 0 amide bonds. The van der Waals surface area contributed by atoms with Gasteiger partial charge in [0, 0.05) is 0 Å². The second-order valence-electron chi connectivity index (χ2n) is 5.38. The molecule has 6 nitrogen and oxygen atoms in total. The van der Waals surface area contributed by atoms with Crippen molar-refractivity contribution < 1.29 is 19.1 Å². The van der Waals surface area contributed by atoms with Crippen molar-refractivity contribution in [1.82, 2.24) is 0 Å². The quantitative estimate of drug-likeness (QED) is 0.639. The molecule has 0 saturated carbocycles. The molecule has 0 fully saturated rings. The standard InChI is InChI=1S/C12H24N2O4/c1-11(2,17-9(15)7-13)5-6-12(3,4)18-10(16)8-14/h5-8,13-14H2,1-4H3. The molecule has 18 heavy (non-hydrogen) atoms. The topological polar surface area (TPSA) is 105 Å². The summed E-state index contributed by atoms with van der Waals surface area (Å²) in [5, 5.41) is 0. The summed E-state index contributed by atoms with van der Waals surface area (Å²) in [6.45, 7) is 6.88. The Morgan fingerprint density at radius 1 is 0.833 bits per heavy atom. The van der Waals surface area contributed by atoms with E-state index in [4.69, 9.17) is 20.9 Å². The lowest BCUT2D eigenvalue weighted by molar-refractivity contribution is -0.162. The smallest absolute Gasteiger partial charge is 0.320 e. The number of carbonyl (C=O) groups excluding carboxylic acids is 2. The number of nitrogens with two attached hydrogens (primary N) is 2. The van der Waals surface area contributed by atoms with Crippen LogP contribution in [0.25, 0.3) is 0 Å². The summed E-state index contributed by atoms with van der Waals surface area (Å²) in [6, 6.07) is 0. The van der Waals surface area contributed by atoms with Gasteiger partial charge in [0.15, 0.2) is 0 Å². The molecule has 0 aliphatic heterocycles. The van der Waals surface area contributed by atoms with Crippen LogP contribution >= 0.6 is 0 Å². The average molecular weight is 260 g/mol. The number of hydrogen-bond acceptors (Lipinski definition) is 6. The number of ether oxygens (including phenoxy) is 2. The van der Waals surface area contributed by atoms with Crippen molar-refractivity contribution in [2.45, 2.75) is 51.7 Å². The largest absolute Gasteiger partial charge is 0.459 e. The zero-order chi connectivity index (χ0) is 14.4. The Bertz CT molecular complexity index is 270. The van der Waals surface area contributed by atoms with Gasteiger partial charge in [-0.05, 0) is 40.5 Å². The van der Waals surface area contributed by atoms with E-state index < -0.39 is 23.1 Å². The maximum absolute atomic E-state index is 11.1. The fourth-order valence-electron chi connectivity index (χ4n) is 1.40. The van der Waals surface area contributed by atoms with Gasteiger partial charge in [-0.25, -0.2) is 0 Å². The van der Waals surface area contributed by atoms with Gasteiger partial charge in [-0.1, -0.05) is 0 Å². The Hall–Kier alpha value is -1.14. The summed E-state index contributed by atoms with van der Waals surface area (Å²) >= 11 is 0. The van der Waals surface area contributed by atoms with Crippen LogP contribution in [0, 0.1) is 0 Å². The highest BCUT2D eigenvalue weighted by Crippen LogP contribution is 2.24. The van der Waals surface area contributed by atoms with Crippen LogP contribution in [0.4, 0.5) is 0 Å². The van der Waals surface area contributed by atoms with Crippen LogP contribution in [0.15, 0.2) is 0 Å². The van der Waals surface area contributed by atoms with Gasteiger partial charge >= 0.3 is 11.9 Å². The van der Waals surface area contributed by atoms with Gasteiger partial charge in [-0.15, -0.1) is 0 Å². The molecule has 106 valence electrons. The van der Waals surface area contributed by atoms with E-state index in [1.807, 2.05) is 0 Å². The van der Waals surface area contributed by atoms with E-state index in [9.17, 15) is 9.59 Å². The molecule has 0 aliphatic rings. The van der Waals surface area contributed by atoms with E-state index in [1.165, 1.54) is 0 Å². The fraction of sp³-hybridized carbons (Fsp3) is 0.833. The molecule has 0 aromatic rings. The SMILES string of the molecule is CC(C)(CCC(C)(C)OC(=O)CN)OC(=O)CN. The van der Waals surface area contributed by atoms with E-state index in [0.29, 0.717) is 12.8 Å². The minimum atomic E-state index is -0.636. The molecule has 0 radical (unpaired) electrons. The Kier molecular flexibility index (Phi) is 6.28. The molecule has 0 bridgehead atoms. The second-order valence-corrected chi connectivity index (χ2v) is 5.38. The maximum Gasteiger partial charge on any atom is 0.320 e. The highest BCUT2D eigenvalue weighted by molar-refractivity contribution is 5.72. The summed E-state index contributed by atoms with van der Waals surface area (Å²) < 4.78 is 10.4. The predicted octanol–water partition coefficient (Wildman–Crippen LogP) is 0.328. The molecular weight excluding hydrogens is 236 g/mol. The minimum absolute atomic E-state index is 0.144. The molecule has 0 aromatic carbocycles. The molecule has 4 N–H and O–H groups in total. The van der Waals surface area contributed by atoms with E-state index in [0.717, 1.165) is 0 Å². The lowest BCUT2D eigenvalue weighted by Gasteiger charge is -2.30. The molecule has 6 heteroatoms. The first-order valence-electron chi connectivity index (χ1n) is 5.96. The van der Waals surface area contributed by atoms with Crippen molar-refractivity contribution in [3.05, 3.63) is 0 Å². The summed E-state index contributed by atoms with van der Waals surface area (Å²) in [4.78, 5) is 22.3. The first-order chi connectivity index (χ1) is 8.12. The van der Waals surface area contributed by atoms with Gasteiger partial charge in [0.2, 0.25) is 0 Å². The van der Waals surface area contributed by atoms with Crippen molar-refractivity contribution in [3.8, 4) is 0 Å². The minimum Gasteiger partial charge on any atom is -0.459 e. The maximum atomic E-state index is 11.1. The van der Waals surface area contributed by atoms with Gasteiger partial charge in [0.05, 0.1) is 13.1 Å². The summed E-state index contributed by atoms with van der Waals surface area (Å²) in [6.07, 6.45) is 1.12. The Labute approximate surface area is 108 Å². The number of rotatable bonds is 7. The summed E-state index contributed by atoms with van der Waals surface area (Å²) in [7, 11) is 0. The Morgan fingerprint density at radius 2 is 1.11 bits per heavy atom. The van der Waals surface area contributed by atoms with Gasteiger partial charge in [0.1, 0.15) is 11.2 Å². The lowest BCUT2D eigenvalue weighted by Crippen LogP contribution is -2.36.